The van der Waals surface area contributed by atoms with Gasteiger partial charge in [0.25, 0.3) is 0 Å². The molecule has 2 nitrogen and oxygen atoms in total. The molecular formula is C16H17Cl2NOS. The third kappa shape index (κ3) is 3.07. The van der Waals surface area contributed by atoms with E-state index in [4.69, 9.17) is 27.9 Å². The summed E-state index contributed by atoms with van der Waals surface area (Å²) in [5.74, 6) is 1.24. The fraction of sp³-hybridized carbons (Fsp3) is 0.375. The maximum Gasteiger partial charge on any atom is 0.122 e. The Morgan fingerprint density at radius 1 is 1.38 bits per heavy atom. The minimum Gasteiger partial charge on any atom is -0.493 e. The van der Waals surface area contributed by atoms with E-state index >= 15 is 0 Å². The number of hydrogen-bond acceptors (Lipinski definition) is 3. The zero-order valence-electron chi connectivity index (χ0n) is 11.7. The molecule has 0 fully saturated rings. The van der Waals surface area contributed by atoms with E-state index in [-0.39, 0.29) is 12.0 Å². The van der Waals surface area contributed by atoms with Crippen molar-refractivity contribution in [1.82, 2.24) is 5.32 Å². The predicted octanol–water partition coefficient (Wildman–Crippen LogP) is 5.27. The number of hydrogen-bond donors (Lipinski definition) is 1. The van der Waals surface area contributed by atoms with E-state index in [1.807, 2.05) is 18.2 Å². The Bertz CT molecular complexity index is 628. The monoisotopic (exact) mass is 341 g/mol. The summed E-state index contributed by atoms with van der Waals surface area (Å²) in [7, 11) is 0. The summed E-state index contributed by atoms with van der Waals surface area (Å²) in [6, 6.07) is 10.3. The van der Waals surface area contributed by atoms with Gasteiger partial charge in [-0.25, -0.2) is 0 Å². The molecule has 0 bridgehead atoms. The first kappa shape index (κ1) is 15.2. The quantitative estimate of drug-likeness (QED) is 0.799. The second kappa shape index (κ2) is 6.57. The number of para-hydroxylation sites is 1. The lowest BCUT2D eigenvalue weighted by Gasteiger charge is -2.24. The number of rotatable bonds is 5. The van der Waals surface area contributed by atoms with Crippen LogP contribution in [0.4, 0.5) is 0 Å². The van der Waals surface area contributed by atoms with Gasteiger partial charge >= 0.3 is 0 Å². The van der Waals surface area contributed by atoms with Crippen molar-refractivity contribution in [2.45, 2.75) is 25.3 Å². The summed E-state index contributed by atoms with van der Waals surface area (Å²) in [5.41, 5.74) is 2.31. The highest BCUT2D eigenvalue weighted by molar-refractivity contribution is 7.20. The molecule has 2 unspecified atom stereocenters. The van der Waals surface area contributed by atoms with Crippen LogP contribution in [-0.2, 0) is 0 Å². The minimum absolute atomic E-state index is 0.129. The summed E-state index contributed by atoms with van der Waals surface area (Å²) in [6.45, 7) is 3.77. The van der Waals surface area contributed by atoms with E-state index < -0.39 is 0 Å². The second-order valence-corrected chi connectivity index (χ2v) is 7.45. The van der Waals surface area contributed by atoms with Crippen LogP contribution in [0.25, 0.3) is 0 Å². The third-order valence-corrected chi connectivity index (χ3v) is 5.29. The molecule has 21 heavy (non-hydrogen) atoms. The molecule has 0 saturated heterocycles. The molecule has 0 aliphatic carbocycles. The highest BCUT2D eigenvalue weighted by atomic mass is 35.5. The maximum atomic E-state index is 6.38. The van der Waals surface area contributed by atoms with Gasteiger partial charge < -0.3 is 10.1 Å². The summed E-state index contributed by atoms with van der Waals surface area (Å²) in [5, 5.41) is 3.61. The van der Waals surface area contributed by atoms with Gasteiger partial charge in [0, 0.05) is 23.1 Å². The lowest BCUT2D eigenvalue weighted by molar-refractivity contribution is 0.299. The van der Waals surface area contributed by atoms with Crippen LogP contribution in [0.15, 0.2) is 30.3 Å². The zero-order chi connectivity index (χ0) is 14.8. The molecule has 1 N–H and O–H groups in total. The highest BCUT2D eigenvalue weighted by Gasteiger charge is 2.33. The topological polar surface area (TPSA) is 21.3 Å². The van der Waals surface area contributed by atoms with Gasteiger partial charge in [0.15, 0.2) is 0 Å². The van der Waals surface area contributed by atoms with E-state index in [9.17, 15) is 0 Å². The molecule has 5 heteroatoms. The number of benzene rings is 1. The highest BCUT2D eigenvalue weighted by Crippen LogP contribution is 2.45. The van der Waals surface area contributed by atoms with Crippen LogP contribution < -0.4 is 10.1 Å². The Kier molecular flexibility index (Phi) is 4.75. The predicted molar refractivity (Wildman–Crippen MR) is 90.1 cm³/mol. The average Bonchev–Trinajstić information content (AvgIpc) is 3.04. The molecule has 2 heterocycles. The van der Waals surface area contributed by atoms with E-state index in [1.165, 1.54) is 16.9 Å². The molecule has 0 saturated carbocycles. The smallest absolute Gasteiger partial charge is 0.122 e. The minimum atomic E-state index is 0.129. The molecule has 112 valence electrons. The van der Waals surface area contributed by atoms with Gasteiger partial charge in [0.2, 0.25) is 0 Å². The second-order valence-electron chi connectivity index (χ2n) is 5.17. The van der Waals surface area contributed by atoms with E-state index in [0.29, 0.717) is 6.61 Å². The van der Waals surface area contributed by atoms with Crippen LogP contribution >= 0.6 is 34.5 Å². The standard InChI is InChI=1S/C16H17Cl2NOS/c1-2-7-19-15(11-8-14(17)21-16(11)18)12-9-20-13-6-4-3-5-10(12)13/h3-6,8,12,15,19H,2,7,9H2,1H3. The first-order valence-corrected chi connectivity index (χ1v) is 8.67. The Balaban J connectivity index is 1.95. The average molecular weight is 342 g/mol. The summed E-state index contributed by atoms with van der Waals surface area (Å²) >= 11 is 13.9. The van der Waals surface area contributed by atoms with Crippen LogP contribution in [0.1, 0.15) is 36.4 Å². The normalized spacial score (nSPS) is 18.3. The molecule has 0 spiro atoms. The maximum absolute atomic E-state index is 6.38. The molecule has 2 aromatic rings. The molecule has 1 aliphatic heterocycles. The fourth-order valence-electron chi connectivity index (χ4n) is 2.80. The van der Waals surface area contributed by atoms with Gasteiger partial charge in [-0.2, -0.15) is 0 Å². The van der Waals surface area contributed by atoms with Gasteiger partial charge in [0.05, 0.1) is 15.3 Å². The number of fused-ring (bicyclic) bond motifs is 1. The molecule has 1 aromatic carbocycles. The number of halogens is 2. The van der Waals surface area contributed by atoms with Crippen molar-refractivity contribution >= 4 is 34.5 Å². The van der Waals surface area contributed by atoms with Crippen molar-refractivity contribution in [3.05, 3.63) is 50.1 Å². The Labute approximate surface area is 139 Å². The van der Waals surface area contributed by atoms with E-state index in [0.717, 1.165) is 33.0 Å². The van der Waals surface area contributed by atoms with Gasteiger partial charge in [-0.15, -0.1) is 11.3 Å². The lowest BCUT2D eigenvalue weighted by atomic mass is 9.89. The largest absolute Gasteiger partial charge is 0.493 e. The number of ether oxygens (including phenoxy) is 1. The SMILES string of the molecule is CCCNC(c1cc(Cl)sc1Cl)C1COc2ccccc21. The summed E-state index contributed by atoms with van der Waals surface area (Å²) < 4.78 is 7.32. The van der Waals surface area contributed by atoms with Gasteiger partial charge in [-0.05, 0) is 25.1 Å². The van der Waals surface area contributed by atoms with Crippen molar-refractivity contribution in [1.29, 1.82) is 0 Å². The first-order valence-electron chi connectivity index (χ1n) is 7.10. The van der Waals surface area contributed by atoms with Gasteiger partial charge in [-0.3, -0.25) is 0 Å². The van der Waals surface area contributed by atoms with E-state index in [2.05, 4.69) is 24.4 Å². The molecule has 3 rings (SSSR count). The zero-order valence-corrected chi connectivity index (χ0v) is 14.1. The molecule has 1 aromatic heterocycles. The van der Waals surface area contributed by atoms with Crippen LogP contribution in [0.3, 0.4) is 0 Å². The molecule has 2 atom stereocenters. The summed E-state index contributed by atoms with van der Waals surface area (Å²) in [4.78, 5) is 0. The Morgan fingerprint density at radius 3 is 2.90 bits per heavy atom. The lowest BCUT2D eigenvalue weighted by Crippen LogP contribution is -2.28. The van der Waals surface area contributed by atoms with Crippen molar-refractivity contribution in [2.75, 3.05) is 13.2 Å². The Hall–Kier alpha value is -0.740. The molecule has 0 amide bonds. The van der Waals surface area contributed by atoms with Crippen molar-refractivity contribution < 1.29 is 4.74 Å². The van der Waals surface area contributed by atoms with Crippen molar-refractivity contribution in [3.63, 3.8) is 0 Å². The molecule has 0 radical (unpaired) electrons. The van der Waals surface area contributed by atoms with Crippen LogP contribution in [-0.4, -0.2) is 13.2 Å². The van der Waals surface area contributed by atoms with Crippen LogP contribution in [0, 0.1) is 0 Å². The van der Waals surface area contributed by atoms with Crippen molar-refractivity contribution in [2.24, 2.45) is 0 Å². The van der Waals surface area contributed by atoms with Crippen molar-refractivity contribution in [3.8, 4) is 5.75 Å². The van der Waals surface area contributed by atoms with Crippen LogP contribution in [0.5, 0.6) is 5.75 Å². The Morgan fingerprint density at radius 2 is 2.19 bits per heavy atom. The number of thiophene rings is 1. The fourth-order valence-corrected chi connectivity index (χ4v) is 4.35. The number of nitrogens with one attached hydrogen (secondary N) is 1. The summed E-state index contributed by atoms with van der Waals surface area (Å²) in [6.07, 6.45) is 1.07. The van der Waals surface area contributed by atoms with E-state index in [1.54, 1.807) is 0 Å². The molecule has 1 aliphatic rings. The first-order chi connectivity index (χ1) is 10.2. The van der Waals surface area contributed by atoms with Gasteiger partial charge in [0.1, 0.15) is 5.75 Å². The van der Waals surface area contributed by atoms with Crippen LogP contribution in [0.2, 0.25) is 8.67 Å². The third-order valence-electron chi connectivity index (χ3n) is 3.77. The molecular weight excluding hydrogens is 325 g/mol. The van der Waals surface area contributed by atoms with Gasteiger partial charge in [-0.1, -0.05) is 48.3 Å².